The Kier molecular flexibility index (Phi) is 6.21. The molecule has 0 heterocycles. The molecule has 1 aromatic carbocycles. The highest BCUT2D eigenvalue weighted by atomic mass is 19.1. The lowest BCUT2D eigenvalue weighted by Crippen LogP contribution is -2.25. The SMILES string of the molecule is CCCNCC(C)COc1c(F)cccc1[N+](=O)[O-]. The van der Waals surface area contributed by atoms with E-state index < -0.39 is 10.7 Å². The van der Waals surface area contributed by atoms with Gasteiger partial charge in [0.25, 0.3) is 0 Å². The monoisotopic (exact) mass is 270 g/mol. The first-order chi connectivity index (χ1) is 9.06. The van der Waals surface area contributed by atoms with Gasteiger partial charge < -0.3 is 10.1 Å². The number of nitro benzene ring substituents is 1. The van der Waals surface area contributed by atoms with Crippen molar-refractivity contribution in [1.29, 1.82) is 0 Å². The number of halogens is 1. The summed E-state index contributed by atoms with van der Waals surface area (Å²) in [6.07, 6.45) is 1.03. The number of para-hydroxylation sites is 1. The smallest absolute Gasteiger partial charge is 0.314 e. The molecule has 0 radical (unpaired) electrons. The van der Waals surface area contributed by atoms with Gasteiger partial charge in [0.1, 0.15) is 0 Å². The molecule has 0 saturated carbocycles. The van der Waals surface area contributed by atoms with E-state index in [0.717, 1.165) is 25.6 Å². The van der Waals surface area contributed by atoms with Crippen LogP contribution in [0, 0.1) is 21.8 Å². The van der Waals surface area contributed by atoms with Gasteiger partial charge in [0.05, 0.1) is 11.5 Å². The Labute approximate surface area is 111 Å². The van der Waals surface area contributed by atoms with Crippen LogP contribution in [-0.4, -0.2) is 24.6 Å². The summed E-state index contributed by atoms with van der Waals surface area (Å²) in [5, 5.41) is 14.0. The first kappa shape index (κ1) is 15.4. The highest BCUT2D eigenvalue weighted by molar-refractivity contribution is 5.46. The molecule has 1 N–H and O–H groups in total. The zero-order chi connectivity index (χ0) is 14.3. The Hall–Kier alpha value is -1.69. The molecule has 0 spiro atoms. The molecule has 0 fully saturated rings. The molecule has 1 unspecified atom stereocenters. The van der Waals surface area contributed by atoms with Gasteiger partial charge in [-0.15, -0.1) is 0 Å². The van der Waals surface area contributed by atoms with Crippen molar-refractivity contribution in [2.75, 3.05) is 19.7 Å². The normalized spacial score (nSPS) is 12.2. The molecule has 1 rings (SSSR count). The maximum Gasteiger partial charge on any atom is 0.314 e. The minimum Gasteiger partial charge on any atom is -0.484 e. The van der Waals surface area contributed by atoms with Gasteiger partial charge in [-0.3, -0.25) is 10.1 Å². The zero-order valence-corrected chi connectivity index (χ0v) is 11.2. The number of nitrogens with zero attached hydrogens (tertiary/aromatic N) is 1. The van der Waals surface area contributed by atoms with Crippen LogP contribution in [0.25, 0.3) is 0 Å². The van der Waals surface area contributed by atoms with Crippen LogP contribution in [0.15, 0.2) is 18.2 Å². The van der Waals surface area contributed by atoms with E-state index in [9.17, 15) is 14.5 Å². The van der Waals surface area contributed by atoms with E-state index in [0.29, 0.717) is 0 Å². The highest BCUT2D eigenvalue weighted by Gasteiger charge is 2.19. The summed E-state index contributed by atoms with van der Waals surface area (Å²) in [5.74, 6) is -0.844. The molecule has 0 saturated heterocycles. The van der Waals surface area contributed by atoms with Gasteiger partial charge in [-0.25, -0.2) is 4.39 Å². The van der Waals surface area contributed by atoms with Crippen molar-refractivity contribution in [3.05, 3.63) is 34.1 Å². The fraction of sp³-hybridized carbons (Fsp3) is 0.538. The molecular weight excluding hydrogens is 251 g/mol. The van der Waals surface area contributed by atoms with Crippen LogP contribution < -0.4 is 10.1 Å². The van der Waals surface area contributed by atoms with Crippen LogP contribution in [0.3, 0.4) is 0 Å². The molecule has 1 aromatic rings. The van der Waals surface area contributed by atoms with Gasteiger partial charge in [-0.05, 0) is 19.0 Å². The van der Waals surface area contributed by atoms with Gasteiger partial charge in [-0.1, -0.05) is 19.9 Å². The van der Waals surface area contributed by atoms with E-state index in [4.69, 9.17) is 4.74 Å². The lowest BCUT2D eigenvalue weighted by molar-refractivity contribution is -0.386. The first-order valence-corrected chi connectivity index (χ1v) is 6.32. The quantitative estimate of drug-likeness (QED) is 0.448. The maximum absolute atomic E-state index is 13.5. The van der Waals surface area contributed by atoms with Gasteiger partial charge in [0.2, 0.25) is 5.75 Å². The number of rotatable bonds is 8. The van der Waals surface area contributed by atoms with Crippen molar-refractivity contribution in [1.82, 2.24) is 5.32 Å². The van der Waals surface area contributed by atoms with Crippen molar-refractivity contribution in [2.45, 2.75) is 20.3 Å². The number of hydrogen-bond donors (Lipinski definition) is 1. The molecule has 0 aliphatic heterocycles. The second-order valence-electron chi connectivity index (χ2n) is 4.47. The van der Waals surface area contributed by atoms with Gasteiger partial charge in [0.15, 0.2) is 5.82 Å². The molecule has 0 aliphatic carbocycles. The van der Waals surface area contributed by atoms with Crippen molar-refractivity contribution in [3.8, 4) is 5.75 Å². The maximum atomic E-state index is 13.5. The summed E-state index contributed by atoms with van der Waals surface area (Å²) in [7, 11) is 0. The highest BCUT2D eigenvalue weighted by Crippen LogP contribution is 2.29. The van der Waals surface area contributed by atoms with Crippen LogP contribution in [0.5, 0.6) is 5.75 Å². The van der Waals surface area contributed by atoms with Crippen molar-refractivity contribution in [2.24, 2.45) is 5.92 Å². The van der Waals surface area contributed by atoms with Crippen LogP contribution in [0.4, 0.5) is 10.1 Å². The lowest BCUT2D eigenvalue weighted by atomic mass is 10.2. The van der Waals surface area contributed by atoms with E-state index >= 15 is 0 Å². The second kappa shape index (κ2) is 7.68. The summed E-state index contributed by atoms with van der Waals surface area (Å²) in [6, 6.07) is 3.69. The van der Waals surface area contributed by atoms with Crippen LogP contribution in [0.2, 0.25) is 0 Å². The Morgan fingerprint density at radius 2 is 2.26 bits per heavy atom. The van der Waals surface area contributed by atoms with E-state index in [1.165, 1.54) is 12.1 Å². The zero-order valence-electron chi connectivity index (χ0n) is 11.2. The molecular formula is C13H19FN2O3. The summed E-state index contributed by atoms with van der Waals surface area (Å²) >= 11 is 0. The largest absolute Gasteiger partial charge is 0.484 e. The third kappa shape index (κ3) is 4.82. The van der Waals surface area contributed by atoms with E-state index in [-0.39, 0.29) is 24.0 Å². The third-order valence-corrected chi connectivity index (χ3v) is 2.57. The minimum absolute atomic E-state index is 0.144. The Morgan fingerprint density at radius 3 is 2.89 bits per heavy atom. The first-order valence-electron chi connectivity index (χ1n) is 6.32. The Bertz CT molecular complexity index is 426. The topological polar surface area (TPSA) is 64.4 Å². The molecule has 0 aliphatic rings. The predicted octanol–water partition coefficient (Wildman–Crippen LogP) is 2.75. The standard InChI is InChI=1S/C13H19FN2O3/c1-3-7-15-8-10(2)9-19-13-11(14)5-4-6-12(13)16(17)18/h4-6,10,15H,3,7-9H2,1-2H3. The van der Waals surface area contributed by atoms with E-state index in [1.54, 1.807) is 0 Å². The van der Waals surface area contributed by atoms with Crippen LogP contribution in [-0.2, 0) is 0 Å². The summed E-state index contributed by atoms with van der Waals surface area (Å²) in [6.45, 7) is 5.88. The number of nitrogens with one attached hydrogen (secondary N) is 1. The molecule has 0 aromatic heterocycles. The van der Waals surface area contributed by atoms with Gasteiger partial charge in [-0.2, -0.15) is 0 Å². The summed E-state index contributed by atoms with van der Waals surface area (Å²) in [4.78, 5) is 10.1. The van der Waals surface area contributed by atoms with Crippen molar-refractivity contribution >= 4 is 5.69 Å². The van der Waals surface area contributed by atoms with Crippen molar-refractivity contribution in [3.63, 3.8) is 0 Å². The molecule has 106 valence electrons. The third-order valence-electron chi connectivity index (χ3n) is 2.57. The van der Waals surface area contributed by atoms with Crippen LogP contribution >= 0.6 is 0 Å². The second-order valence-corrected chi connectivity index (χ2v) is 4.47. The fourth-order valence-corrected chi connectivity index (χ4v) is 1.59. The van der Waals surface area contributed by atoms with Crippen LogP contribution in [0.1, 0.15) is 20.3 Å². The molecule has 1 atom stereocenters. The number of benzene rings is 1. The molecule has 5 nitrogen and oxygen atoms in total. The van der Waals surface area contributed by atoms with Gasteiger partial charge in [0, 0.05) is 18.5 Å². The summed E-state index contributed by atoms with van der Waals surface area (Å²) in [5.41, 5.74) is -0.339. The molecule has 6 heteroatoms. The van der Waals surface area contributed by atoms with E-state index in [1.807, 2.05) is 6.92 Å². The minimum atomic E-state index is -0.706. The molecule has 0 amide bonds. The predicted molar refractivity (Wildman–Crippen MR) is 70.9 cm³/mol. The lowest BCUT2D eigenvalue weighted by Gasteiger charge is -2.14. The number of hydrogen-bond acceptors (Lipinski definition) is 4. The molecule has 19 heavy (non-hydrogen) atoms. The average Bonchev–Trinajstić information content (AvgIpc) is 2.37. The fourth-order valence-electron chi connectivity index (χ4n) is 1.59. The van der Waals surface area contributed by atoms with Crippen molar-refractivity contribution < 1.29 is 14.1 Å². The summed E-state index contributed by atoms with van der Waals surface area (Å²) < 4.78 is 18.8. The number of nitro groups is 1. The number of ether oxygens (including phenoxy) is 1. The average molecular weight is 270 g/mol. The Morgan fingerprint density at radius 1 is 1.53 bits per heavy atom. The van der Waals surface area contributed by atoms with E-state index in [2.05, 4.69) is 12.2 Å². The van der Waals surface area contributed by atoms with Gasteiger partial charge >= 0.3 is 5.69 Å². The Balaban J connectivity index is 2.59. The molecule has 0 bridgehead atoms.